The number of nitrogens with zero attached hydrogens (tertiary/aromatic N) is 2. The predicted octanol–water partition coefficient (Wildman–Crippen LogP) is 1.87. The first-order valence-corrected chi connectivity index (χ1v) is 10.7. The number of rotatable bonds is 7. The Labute approximate surface area is 162 Å². The molecule has 7 heteroatoms. The van der Waals surface area contributed by atoms with E-state index in [0.717, 1.165) is 50.2 Å². The van der Waals surface area contributed by atoms with E-state index in [1.165, 1.54) is 19.3 Å². The van der Waals surface area contributed by atoms with Crippen LogP contribution in [0.1, 0.15) is 64.7 Å². The highest BCUT2D eigenvalue weighted by molar-refractivity contribution is 6.09. The zero-order valence-electron chi connectivity index (χ0n) is 16.6. The third-order valence-corrected chi connectivity index (χ3v) is 6.51. The summed E-state index contributed by atoms with van der Waals surface area (Å²) in [4.78, 5) is 40.9. The molecule has 2 heterocycles. The second-order valence-electron chi connectivity index (χ2n) is 8.36. The molecule has 0 aromatic heterocycles. The number of nitrogens with one attached hydrogen (secondary N) is 2. The van der Waals surface area contributed by atoms with Gasteiger partial charge in [0.2, 0.25) is 5.91 Å². The molecule has 2 N–H and O–H groups in total. The molecule has 1 aliphatic carbocycles. The summed E-state index contributed by atoms with van der Waals surface area (Å²) in [6.45, 7) is 5.87. The minimum absolute atomic E-state index is 0.173. The highest BCUT2D eigenvalue weighted by Crippen LogP contribution is 2.37. The van der Waals surface area contributed by atoms with E-state index in [4.69, 9.17) is 0 Å². The Hall–Kier alpha value is -1.63. The number of carbonyl (C=O) groups is 3. The molecule has 2 saturated heterocycles. The Morgan fingerprint density at radius 3 is 2.56 bits per heavy atom. The van der Waals surface area contributed by atoms with Crippen LogP contribution in [0.25, 0.3) is 0 Å². The van der Waals surface area contributed by atoms with Gasteiger partial charge < -0.3 is 15.5 Å². The SMILES string of the molecule is CCC1CCC2(CC1)NC(=O)N(CC(=O)NCCCN1CCCCC1)C2=O. The molecule has 7 nitrogen and oxygen atoms in total. The largest absolute Gasteiger partial charge is 0.354 e. The Kier molecular flexibility index (Phi) is 6.73. The van der Waals surface area contributed by atoms with Crippen LogP contribution in [0, 0.1) is 5.92 Å². The maximum atomic E-state index is 12.8. The maximum Gasteiger partial charge on any atom is 0.325 e. The van der Waals surface area contributed by atoms with Gasteiger partial charge >= 0.3 is 6.03 Å². The molecule has 0 atom stereocenters. The summed E-state index contributed by atoms with van der Waals surface area (Å²) in [6.07, 6.45) is 9.14. The van der Waals surface area contributed by atoms with Gasteiger partial charge in [-0.3, -0.25) is 14.5 Å². The number of hydrogen-bond donors (Lipinski definition) is 2. The average Bonchev–Trinajstić information content (AvgIpc) is 2.91. The Bertz CT molecular complexity index is 551. The second kappa shape index (κ2) is 9.04. The number of amides is 4. The van der Waals surface area contributed by atoms with Gasteiger partial charge in [0.1, 0.15) is 12.1 Å². The molecule has 0 aromatic rings. The van der Waals surface area contributed by atoms with E-state index in [1.807, 2.05) is 0 Å². The summed E-state index contributed by atoms with van der Waals surface area (Å²) in [5, 5.41) is 5.74. The molecule has 152 valence electrons. The molecule has 3 fully saturated rings. The van der Waals surface area contributed by atoms with Crippen molar-refractivity contribution in [3.63, 3.8) is 0 Å². The van der Waals surface area contributed by atoms with Crippen LogP contribution >= 0.6 is 0 Å². The minimum Gasteiger partial charge on any atom is -0.354 e. The smallest absolute Gasteiger partial charge is 0.325 e. The van der Waals surface area contributed by atoms with Crippen LogP contribution in [0.2, 0.25) is 0 Å². The van der Waals surface area contributed by atoms with Crippen LogP contribution in [-0.2, 0) is 9.59 Å². The van der Waals surface area contributed by atoms with Crippen molar-refractivity contribution in [2.24, 2.45) is 5.92 Å². The van der Waals surface area contributed by atoms with Crippen LogP contribution in [0.3, 0.4) is 0 Å². The van der Waals surface area contributed by atoms with Gasteiger partial charge in [-0.25, -0.2) is 4.79 Å². The van der Waals surface area contributed by atoms with Crippen molar-refractivity contribution >= 4 is 17.8 Å². The zero-order valence-corrected chi connectivity index (χ0v) is 16.6. The molecule has 0 bridgehead atoms. The minimum atomic E-state index is -0.767. The van der Waals surface area contributed by atoms with Gasteiger partial charge in [-0.05, 0) is 70.5 Å². The van der Waals surface area contributed by atoms with E-state index in [9.17, 15) is 14.4 Å². The topological polar surface area (TPSA) is 81.8 Å². The number of hydrogen-bond acceptors (Lipinski definition) is 4. The van der Waals surface area contributed by atoms with Gasteiger partial charge in [-0.1, -0.05) is 19.8 Å². The summed E-state index contributed by atoms with van der Waals surface area (Å²) >= 11 is 0. The first-order chi connectivity index (χ1) is 13.0. The molecule has 0 unspecified atom stereocenters. The molecular formula is C20H34N4O3. The maximum absolute atomic E-state index is 12.8. The number of urea groups is 1. The van der Waals surface area contributed by atoms with Crippen molar-refractivity contribution in [2.75, 3.05) is 32.7 Å². The summed E-state index contributed by atoms with van der Waals surface area (Å²) < 4.78 is 0. The molecule has 0 aromatic carbocycles. The number of carbonyl (C=O) groups excluding carboxylic acids is 3. The van der Waals surface area contributed by atoms with Crippen LogP contribution in [0.5, 0.6) is 0 Å². The van der Waals surface area contributed by atoms with E-state index in [1.54, 1.807) is 0 Å². The van der Waals surface area contributed by atoms with Crippen molar-refractivity contribution in [3.8, 4) is 0 Å². The summed E-state index contributed by atoms with van der Waals surface area (Å²) in [5.41, 5.74) is -0.767. The van der Waals surface area contributed by atoms with E-state index in [-0.39, 0.29) is 18.4 Å². The van der Waals surface area contributed by atoms with Gasteiger partial charge in [0.15, 0.2) is 0 Å². The molecule has 2 aliphatic heterocycles. The summed E-state index contributed by atoms with van der Waals surface area (Å²) in [6, 6.07) is -0.418. The zero-order chi connectivity index (χ0) is 19.3. The quantitative estimate of drug-likeness (QED) is 0.523. The first kappa shape index (κ1) is 20.1. The lowest BCUT2D eigenvalue weighted by atomic mass is 9.75. The fourth-order valence-electron chi connectivity index (χ4n) is 4.65. The average molecular weight is 379 g/mol. The lowest BCUT2D eigenvalue weighted by Crippen LogP contribution is -2.50. The van der Waals surface area contributed by atoms with Gasteiger partial charge in [-0.15, -0.1) is 0 Å². The third kappa shape index (κ3) is 4.81. The highest BCUT2D eigenvalue weighted by atomic mass is 16.2. The van der Waals surface area contributed by atoms with Gasteiger partial charge in [-0.2, -0.15) is 0 Å². The van der Waals surface area contributed by atoms with E-state index >= 15 is 0 Å². The number of likely N-dealkylation sites (tertiary alicyclic amines) is 1. The standard InChI is InChI=1S/C20H34N4O3/c1-2-16-7-9-20(10-8-16)18(26)24(19(27)22-20)15-17(25)21-11-6-14-23-12-4-3-5-13-23/h16H,2-15H2,1H3,(H,21,25)(H,22,27). The van der Waals surface area contributed by atoms with Crippen LogP contribution in [0.4, 0.5) is 4.79 Å². The number of piperidine rings is 1. The molecular weight excluding hydrogens is 344 g/mol. The van der Waals surface area contributed by atoms with Gasteiger partial charge in [0.05, 0.1) is 0 Å². The van der Waals surface area contributed by atoms with Gasteiger partial charge in [0.25, 0.3) is 5.91 Å². The Morgan fingerprint density at radius 2 is 1.89 bits per heavy atom. The Morgan fingerprint density at radius 1 is 1.19 bits per heavy atom. The van der Waals surface area contributed by atoms with Crippen molar-refractivity contribution in [3.05, 3.63) is 0 Å². The van der Waals surface area contributed by atoms with Crippen LogP contribution in [-0.4, -0.2) is 65.9 Å². The fraction of sp³-hybridized carbons (Fsp3) is 0.850. The van der Waals surface area contributed by atoms with E-state index < -0.39 is 11.6 Å². The second-order valence-corrected chi connectivity index (χ2v) is 8.36. The van der Waals surface area contributed by atoms with Crippen molar-refractivity contribution in [1.82, 2.24) is 20.4 Å². The predicted molar refractivity (Wildman–Crippen MR) is 103 cm³/mol. The van der Waals surface area contributed by atoms with Gasteiger partial charge in [0, 0.05) is 6.54 Å². The fourth-order valence-corrected chi connectivity index (χ4v) is 4.65. The van der Waals surface area contributed by atoms with Crippen molar-refractivity contribution < 1.29 is 14.4 Å². The third-order valence-electron chi connectivity index (χ3n) is 6.51. The number of imide groups is 1. The normalized spacial score (nSPS) is 29.2. The Balaban J connectivity index is 1.41. The van der Waals surface area contributed by atoms with E-state index in [0.29, 0.717) is 25.3 Å². The summed E-state index contributed by atoms with van der Waals surface area (Å²) in [7, 11) is 0. The molecule has 27 heavy (non-hydrogen) atoms. The van der Waals surface area contributed by atoms with Crippen LogP contribution < -0.4 is 10.6 Å². The molecule has 1 spiro atoms. The molecule has 4 amide bonds. The monoisotopic (exact) mass is 378 g/mol. The van der Waals surface area contributed by atoms with Crippen molar-refractivity contribution in [2.45, 2.75) is 70.3 Å². The molecule has 0 radical (unpaired) electrons. The lowest BCUT2D eigenvalue weighted by Gasteiger charge is -2.34. The summed E-state index contributed by atoms with van der Waals surface area (Å²) in [5.74, 6) is 0.166. The highest BCUT2D eigenvalue weighted by Gasteiger charge is 2.52. The molecule has 1 saturated carbocycles. The lowest BCUT2D eigenvalue weighted by molar-refractivity contribution is -0.136. The van der Waals surface area contributed by atoms with E-state index in [2.05, 4.69) is 22.5 Å². The molecule has 3 rings (SSSR count). The van der Waals surface area contributed by atoms with Crippen molar-refractivity contribution in [1.29, 1.82) is 0 Å². The first-order valence-electron chi connectivity index (χ1n) is 10.7. The van der Waals surface area contributed by atoms with Crippen LogP contribution in [0.15, 0.2) is 0 Å². The molecule has 3 aliphatic rings.